The predicted molar refractivity (Wildman–Crippen MR) is 161 cm³/mol. The first-order chi connectivity index (χ1) is 18.2. The fourth-order valence-electron chi connectivity index (χ4n) is 5.11. The summed E-state index contributed by atoms with van der Waals surface area (Å²) >= 11 is 1.73. The van der Waals surface area contributed by atoms with Crippen molar-refractivity contribution in [3.05, 3.63) is 113 Å². The minimum absolute atomic E-state index is 0.0278. The normalized spacial score (nSPS) is 11.7. The zero-order valence-electron chi connectivity index (χ0n) is 22.6. The molecule has 5 rings (SSSR count). The Kier molecular flexibility index (Phi) is 6.93. The summed E-state index contributed by atoms with van der Waals surface area (Å²) in [5.41, 5.74) is 8.73. The Morgan fingerprint density at radius 1 is 0.842 bits per heavy atom. The van der Waals surface area contributed by atoms with E-state index in [1.54, 1.807) is 11.8 Å². The predicted octanol–water partition coefficient (Wildman–Crippen LogP) is 9.05. The highest BCUT2D eigenvalue weighted by atomic mass is 32.2. The molecule has 0 bridgehead atoms. The van der Waals surface area contributed by atoms with Crippen LogP contribution in [0, 0.1) is 6.92 Å². The highest BCUT2D eigenvalue weighted by Gasteiger charge is 2.24. The molecule has 3 nitrogen and oxygen atoms in total. The molecule has 4 aromatic carbocycles. The number of nitrogens with zero attached hydrogens (tertiary/aromatic N) is 1. The number of para-hydroxylation sites is 1. The number of rotatable bonds is 6. The number of carbonyl (C=O) groups is 1. The van der Waals surface area contributed by atoms with E-state index < -0.39 is 5.97 Å². The number of carboxylic acid groups (broad SMARTS) is 1. The fraction of sp³-hybridized carbons (Fsp3) is 0.206. The zero-order valence-corrected chi connectivity index (χ0v) is 23.4. The summed E-state index contributed by atoms with van der Waals surface area (Å²) in [6, 6.07) is 31.4. The number of hydrogen-bond donors (Lipinski definition) is 1. The Balaban J connectivity index is 1.66. The second-order valence-electron chi connectivity index (χ2n) is 10.8. The first-order valence-electron chi connectivity index (χ1n) is 12.9. The Morgan fingerprint density at radius 2 is 1.53 bits per heavy atom. The molecule has 0 saturated carbocycles. The maximum atomic E-state index is 12.8. The number of aromatic nitrogens is 1. The number of aromatic carboxylic acids is 1. The van der Waals surface area contributed by atoms with Crippen molar-refractivity contribution in [2.45, 2.75) is 44.6 Å². The molecule has 0 aliphatic rings. The van der Waals surface area contributed by atoms with Gasteiger partial charge in [-0.25, -0.2) is 4.79 Å². The van der Waals surface area contributed by atoms with E-state index in [0.29, 0.717) is 12.2 Å². The third-order valence-electron chi connectivity index (χ3n) is 7.29. The number of fused-ring (bicyclic) bond motifs is 1. The largest absolute Gasteiger partial charge is 0.477 e. The SMILES string of the molecule is CSc1cccc(-c2ccc(C)c(Cn3c(C(=O)O)c(-c4ccc(C(C)(C)C)cc4)c4ccccc43)c2)c1. The van der Waals surface area contributed by atoms with E-state index in [0.717, 1.165) is 44.3 Å². The average Bonchev–Trinajstić information content (AvgIpc) is 3.24. The average molecular weight is 520 g/mol. The third-order valence-corrected chi connectivity index (χ3v) is 8.02. The molecule has 0 radical (unpaired) electrons. The van der Waals surface area contributed by atoms with Gasteiger partial charge in [0.25, 0.3) is 0 Å². The second kappa shape index (κ2) is 10.2. The summed E-state index contributed by atoms with van der Waals surface area (Å²) in [7, 11) is 0. The van der Waals surface area contributed by atoms with E-state index in [1.807, 2.05) is 28.8 Å². The van der Waals surface area contributed by atoms with Gasteiger partial charge in [0.15, 0.2) is 0 Å². The molecule has 0 aliphatic heterocycles. The summed E-state index contributed by atoms with van der Waals surface area (Å²) in [6.45, 7) is 9.12. The molecule has 1 N–H and O–H groups in total. The van der Waals surface area contributed by atoms with Crippen LogP contribution in [0.25, 0.3) is 33.2 Å². The maximum Gasteiger partial charge on any atom is 0.353 e. The molecule has 0 atom stereocenters. The van der Waals surface area contributed by atoms with E-state index in [9.17, 15) is 9.90 Å². The second-order valence-corrected chi connectivity index (χ2v) is 11.7. The Hall–Kier alpha value is -3.76. The number of thioether (sulfide) groups is 1. The van der Waals surface area contributed by atoms with Crippen molar-refractivity contribution in [2.75, 3.05) is 6.26 Å². The van der Waals surface area contributed by atoms with Crippen molar-refractivity contribution in [1.29, 1.82) is 0 Å². The molecule has 38 heavy (non-hydrogen) atoms. The minimum Gasteiger partial charge on any atom is -0.477 e. The van der Waals surface area contributed by atoms with Gasteiger partial charge in [0.2, 0.25) is 0 Å². The Bertz CT molecular complexity index is 1640. The lowest BCUT2D eigenvalue weighted by molar-refractivity contribution is 0.0687. The van der Waals surface area contributed by atoms with E-state index in [2.05, 4.69) is 101 Å². The van der Waals surface area contributed by atoms with E-state index >= 15 is 0 Å². The van der Waals surface area contributed by atoms with Crippen molar-refractivity contribution in [3.8, 4) is 22.3 Å². The van der Waals surface area contributed by atoms with Crippen molar-refractivity contribution in [2.24, 2.45) is 0 Å². The zero-order chi connectivity index (χ0) is 27.0. The van der Waals surface area contributed by atoms with Gasteiger partial charge in [-0.3, -0.25) is 0 Å². The van der Waals surface area contributed by atoms with Gasteiger partial charge in [-0.2, -0.15) is 0 Å². The lowest BCUT2D eigenvalue weighted by Gasteiger charge is -2.19. The van der Waals surface area contributed by atoms with Gasteiger partial charge < -0.3 is 9.67 Å². The third kappa shape index (κ3) is 4.89. The number of aryl methyl sites for hydroxylation is 1. The van der Waals surface area contributed by atoms with Crippen molar-refractivity contribution in [1.82, 2.24) is 4.57 Å². The van der Waals surface area contributed by atoms with Crippen molar-refractivity contribution < 1.29 is 9.90 Å². The molecule has 5 aromatic rings. The topological polar surface area (TPSA) is 42.2 Å². The van der Waals surface area contributed by atoms with Gasteiger partial charge in [0, 0.05) is 27.9 Å². The van der Waals surface area contributed by atoms with Crippen LogP contribution in [0.1, 0.15) is 48.0 Å². The fourth-order valence-corrected chi connectivity index (χ4v) is 5.57. The first-order valence-corrected chi connectivity index (χ1v) is 14.1. The lowest BCUT2D eigenvalue weighted by atomic mass is 9.86. The standard InChI is InChI=1S/C34H33NO2S/c1-22-13-14-25(24-9-8-10-28(20-24)38-5)19-26(22)21-35-30-12-7-6-11-29(30)31(32(35)33(36)37)23-15-17-27(18-16-23)34(2,3)4/h6-20H,21H2,1-5H3,(H,36,37). The summed E-state index contributed by atoms with van der Waals surface area (Å²) in [5, 5.41) is 11.5. The number of hydrogen-bond acceptors (Lipinski definition) is 2. The van der Waals surface area contributed by atoms with Crippen LogP contribution in [0.3, 0.4) is 0 Å². The van der Waals surface area contributed by atoms with Gasteiger partial charge in [-0.15, -0.1) is 11.8 Å². The van der Waals surface area contributed by atoms with Crippen molar-refractivity contribution >= 4 is 28.6 Å². The van der Waals surface area contributed by atoms with Crippen LogP contribution in [0.4, 0.5) is 0 Å². The Morgan fingerprint density at radius 3 is 2.21 bits per heavy atom. The van der Waals surface area contributed by atoms with Crippen LogP contribution in [0.2, 0.25) is 0 Å². The van der Waals surface area contributed by atoms with Gasteiger partial charge >= 0.3 is 5.97 Å². The molecule has 192 valence electrons. The molecule has 1 aromatic heterocycles. The van der Waals surface area contributed by atoms with Crippen LogP contribution >= 0.6 is 11.8 Å². The van der Waals surface area contributed by atoms with E-state index in [1.165, 1.54) is 10.5 Å². The monoisotopic (exact) mass is 519 g/mol. The molecule has 0 amide bonds. The van der Waals surface area contributed by atoms with Crippen molar-refractivity contribution in [3.63, 3.8) is 0 Å². The number of benzene rings is 4. The summed E-state index contributed by atoms with van der Waals surface area (Å²) in [4.78, 5) is 14.0. The lowest BCUT2D eigenvalue weighted by Crippen LogP contribution is -2.12. The minimum atomic E-state index is -0.919. The molecule has 0 fully saturated rings. The van der Waals surface area contributed by atoms with Gasteiger partial charge in [-0.05, 0) is 76.2 Å². The Labute approximate surface area is 229 Å². The summed E-state index contributed by atoms with van der Waals surface area (Å²) in [6.07, 6.45) is 2.08. The van der Waals surface area contributed by atoms with E-state index in [-0.39, 0.29) is 5.41 Å². The molecule has 0 saturated heterocycles. The molecule has 1 heterocycles. The highest BCUT2D eigenvalue weighted by molar-refractivity contribution is 7.98. The van der Waals surface area contributed by atoms with E-state index in [4.69, 9.17) is 0 Å². The van der Waals surface area contributed by atoms with Crippen LogP contribution in [-0.2, 0) is 12.0 Å². The molecule has 0 spiro atoms. The smallest absolute Gasteiger partial charge is 0.353 e. The van der Waals surface area contributed by atoms with Gasteiger partial charge in [0.1, 0.15) is 5.69 Å². The summed E-state index contributed by atoms with van der Waals surface area (Å²) in [5.74, 6) is -0.919. The molecule has 4 heteroatoms. The van der Waals surface area contributed by atoms with Gasteiger partial charge in [-0.1, -0.05) is 87.5 Å². The van der Waals surface area contributed by atoms with Crippen LogP contribution < -0.4 is 0 Å². The highest BCUT2D eigenvalue weighted by Crippen LogP contribution is 2.37. The molecular weight excluding hydrogens is 486 g/mol. The molecule has 0 unspecified atom stereocenters. The summed E-state index contributed by atoms with van der Waals surface area (Å²) < 4.78 is 1.97. The molecule has 0 aliphatic carbocycles. The first kappa shape index (κ1) is 25.9. The maximum absolute atomic E-state index is 12.8. The van der Waals surface area contributed by atoms with Crippen LogP contribution in [-0.4, -0.2) is 21.9 Å². The van der Waals surface area contributed by atoms with Gasteiger partial charge in [0.05, 0.1) is 0 Å². The quantitative estimate of drug-likeness (QED) is 0.228. The molecular formula is C34H33NO2S. The number of carboxylic acids is 1. The van der Waals surface area contributed by atoms with Crippen LogP contribution in [0.15, 0.2) is 95.9 Å². The van der Waals surface area contributed by atoms with Crippen LogP contribution in [0.5, 0.6) is 0 Å².